The molecule has 1 fully saturated rings. The predicted molar refractivity (Wildman–Crippen MR) is 94.2 cm³/mol. The number of amides is 2. The van der Waals surface area contributed by atoms with E-state index in [1.807, 2.05) is 24.3 Å². The number of ether oxygens (including phenoxy) is 3. The van der Waals surface area contributed by atoms with Crippen LogP contribution in [0.1, 0.15) is 12.5 Å². The fourth-order valence-corrected chi connectivity index (χ4v) is 3.07. The van der Waals surface area contributed by atoms with Crippen molar-refractivity contribution >= 4 is 17.7 Å². The fraction of sp³-hybridized carbons (Fsp3) is 0.263. The Bertz CT molecular complexity index is 895. The van der Waals surface area contributed by atoms with Crippen LogP contribution >= 0.6 is 0 Å². The van der Waals surface area contributed by atoms with Crippen molar-refractivity contribution in [3.63, 3.8) is 0 Å². The first-order chi connectivity index (χ1) is 12.5. The highest BCUT2D eigenvalue weighted by molar-refractivity contribution is 5.91. The molecule has 0 saturated carbocycles. The lowest BCUT2D eigenvalue weighted by atomic mass is 9.96. The van der Waals surface area contributed by atoms with Crippen LogP contribution in [0.15, 0.2) is 36.4 Å². The molecule has 7 heteroatoms. The van der Waals surface area contributed by atoms with E-state index in [9.17, 15) is 9.59 Å². The van der Waals surface area contributed by atoms with Gasteiger partial charge in [0.2, 0.25) is 0 Å². The van der Waals surface area contributed by atoms with Crippen molar-refractivity contribution in [1.29, 1.82) is 0 Å². The highest BCUT2D eigenvalue weighted by atomic mass is 16.6. The maximum absolute atomic E-state index is 11.8. The van der Waals surface area contributed by atoms with E-state index >= 15 is 0 Å². The lowest BCUT2D eigenvalue weighted by Gasteiger charge is -2.24. The summed E-state index contributed by atoms with van der Waals surface area (Å²) in [6, 6.07) is 11.2. The van der Waals surface area contributed by atoms with E-state index < -0.39 is 12.0 Å². The lowest BCUT2D eigenvalue weighted by molar-refractivity contribution is -0.123. The van der Waals surface area contributed by atoms with E-state index in [0.717, 1.165) is 22.4 Å². The molecule has 134 valence electrons. The molecular formula is C19H18N2O5. The first-order valence-corrected chi connectivity index (χ1v) is 8.33. The largest absolute Gasteiger partial charge is 0.488 e. The molecule has 2 aliphatic heterocycles. The van der Waals surface area contributed by atoms with E-state index in [1.54, 1.807) is 24.0 Å². The predicted octanol–water partition coefficient (Wildman–Crippen LogP) is 2.46. The normalized spacial score (nSPS) is 16.2. The van der Waals surface area contributed by atoms with E-state index in [-0.39, 0.29) is 6.09 Å². The second kappa shape index (κ2) is 6.25. The fourth-order valence-electron chi connectivity index (χ4n) is 3.07. The van der Waals surface area contributed by atoms with E-state index in [2.05, 4.69) is 0 Å². The molecule has 26 heavy (non-hydrogen) atoms. The quantitative estimate of drug-likeness (QED) is 0.911. The van der Waals surface area contributed by atoms with Crippen molar-refractivity contribution < 1.29 is 23.8 Å². The highest BCUT2D eigenvalue weighted by Gasteiger charge is 2.26. The van der Waals surface area contributed by atoms with Crippen molar-refractivity contribution in [3.05, 3.63) is 42.0 Å². The van der Waals surface area contributed by atoms with Crippen LogP contribution in [0.3, 0.4) is 0 Å². The summed E-state index contributed by atoms with van der Waals surface area (Å²) < 4.78 is 16.4. The zero-order valence-electron chi connectivity index (χ0n) is 14.2. The number of hydrogen-bond acceptors (Lipinski definition) is 5. The van der Waals surface area contributed by atoms with Gasteiger partial charge in [-0.15, -0.1) is 0 Å². The third kappa shape index (κ3) is 2.81. The number of anilines is 1. The molecule has 2 N–H and O–H groups in total. The molecule has 0 unspecified atom stereocenters. The molecule has 2 heterocycles. The Morgan fingerprint density at radius 3 is 2.77 bits per heavy atom. The summed E-state index contributed by atoms with van der Waals surface area (Å²) in [5, 5.41) is 0. The van der Waals surface area contributed by atoms with Gasteiger partial charge in [0.15, 0.2) is 6.10 Å². The minimum absolute atomic E-state index is 0.332. The molecule has 0 aliphatic carbocycles. The molecule has 4 rings (SSSR count). The van der Waals surface area contributed by atoms with Gasteiger partial charge in [0.05, 0.1) is 6.54 Å². The minimum atomic E-state index is -0.725. The second-order valence-electron chi connectivity index (χ2n) is 6.22. The molecular weight excluding hydrogens is 336 g/mol. The van der Waals surface area contributed by atoms with Crippen LogP contribution in [-0.4, -0.2) is 31.3 Å². The Kier molecular flexibility index (Phi) is 3.91. The lowest BCUT2D eigenvalue weighted by Crippen LogP contribution is -2.30. The Balaban J connectivity index is 1.67. The summed E-state index contributed by atoms with van der Waals surface area (Å²) in [4.78, 5) is 24.6. The third-order valence-electron chi connectivity index (χ3n) is 4.51. The first-order valence-electron chi connectivity index (χ1n) is 8.33. The summed E-state index contributed by atoms with van der Waals surface area (Å²) in [6.45, 7) is 2.95. The van der Waals surface area contributed by atoms with Gasteiger partial charge in [-0.2, -0.15) is 0 Å². The van der Waals surface area contributed by atoms with Crippen LogP contribution in [0.5, 0.6) is 11.5 Å². The minimum Gasteiger partial charge on any atom is -0.488 e. The van der Waals surface area contributed by atoms with Gasteiger partial charge in [0.25, 0.3) is 5.91 Å². The number of benzene rings is 2. The molecule has 0 spiro atoms. The number of hydrogen-bond donors (Lipinski definition) is 1. The summed E-state index contributed by atoms with van der Waals surface area (Å²) in [6.07, 6.45) is -1.06. The average molecular weight is 354 g/mol. The van der Waals surface area contributed by atoms with E-state index in [1.165, 1.54) is 0 Å². The van der Waals surface area contributed by atoms with Gasteiger partial charge in [-0.3, -0.25) is 9.69 Å². The molecule has 1 atom stereocenters. The van der Waals surface area contributed by atoms with E-state index in [4.69, 9.17) is 19.9 Å². The first kappa shape index (κ1) is 16.3. The van der Waals surface area contributed by atoms with Gasteiger partial charge in [-0.05, 0) is 42.3 Å². The second-order valence-corrected chi connectivity index (χ2v) is 6.22. The van der Waals surface area contributed by atoms with E-state index in [0.29, 0.717) is 31.3 Å². The molecule has 2 aliphatic rings. The van der Waals surface area contributed by atoms with Crippen molar-refractivity contribution in [1.82, 2.24) is 0 Å². The SMILES string of the molecule is C[C@H](Oc1ccc2c(c1)OCc1ccc(N3CCOC3=O)cc1-2)C(N)=O. The summed E-state index contributed by atoms with van der Waals surface area (Å²) >= 11 is 0. The molecule has 0 aromatic heterocycles. The van der Waals surface area contributed by atoms with Crippen molar-refractivity contribution in [2.75, 3.05) is 18.1 Å². The maximum Gasteiger partial charge on any atom is 0.414 e. The smallest absolute Gasteiger partial charge is 0.414 e. The summed E-state index contributed by atoms with van der Waals surface area (Å²) in [5.41, 5.74) is 8.96. The average Bonchev–Trinajstić information content (AvgIpc) is 3.06. The number of nitrogens with zero attached hydrogens (tertiary/aromatic N) is 1. The van der Waals surface area contributed by atoms with Gasteiger partial charge in [-0.25, -0.2) is 4.79 Å². The molecule has 0 bridgehead atoms. The molecule has 1 saturated heterocycles. The Labute approximate surface area is 150 Å². The van der Waals surface area contributed by atoms with Gasteiger partial charge >= 0.3 is 6.09 Å². The zero-order valence-corrected chi connectivity index (χ0v) is 14.2. The van der Waals surface area contributed by atoms with Gasteiger partial charge in [-0.1, -0.05) is 6.07 Å². The Morgan fingerprint density at radius 1 is 1.19 bits per heavy atom. The topological polar surface area (TPSA) is 91.1 Å². The monoisotopic (exact) mass is 354 g/mol. The summed E-state index contributed by atoms with van der Waals surface area (Å²) in [5.74, 6) is 0.640. The molecule has 0 radical (unpaired) electrons. The number of cyclic esters (lactones) is 1. The maximum atomic E-state index is 11.8. The van der Waals surface area contributed by atoms with Crippen molar-refractivity contribution in [2.24, 2.45) is 5.73 Å². The number of primary amides is 1. The van der Waals surface area contributed by atoms with Crippen molar-refractivity contribution in [2.45, 2.75) is 19.6 Å². The standard InChI is InChI=1S/C19H18N2O5/c1-11(18(20)22)26-14-4-5-15-16-8-13(21-6-7-24-19(21)23)3-2-12(16)10-25-17(15)9-14/h2-5,8-9,11H,6-7,10H2,1H3,(H2,20,22)/t11-/m0/s1. The number of fused-ring (bicyclic) bond motifs is 3. The van der Waals surface area contributed by atoms with Crippen molar-refractivity contribution in [3.8, 4) is 22.6 Å². The van der Waals surface area contributed by atoms with Gasteiger partial charge in [0.1, 0.15) is 24.7 Å². The van der Waals surface area contributed by atoms with Gasteiger partial charge in [0, 0.05) is 17.3 Å². The van der Waals surface area contributed by atoms with Crippen LogP contribution in [0.4, 0.5) is 10.5 Å². The Morgan fingerprint density at radius 2 is 2.04 bits per heavy atom. The molecule has 2 aromatic rings. The zero-order chi connectivity index (χ0) is 18.3. The number of carbonyl (C=O) groups is 2. The number of nitrogens with two attached hydrogens (primary N) is 1. The highest BCUT2D eigenvalue weighted by Crippen LogP contribution is 2.41. The summed E-state index contributed by atoms with van der Waals surface area (Å²) in [7, 11) is 0. The molecule has 2 amide bonds. The number of carbonyl (C=O) groups excluding carboxylic acids is 2. The van der Waals surface area contributed by atoms with Gasteiger partial charge < -0.3 is 19.9 Å². The Hall–Kier alpha value is -3.22. The van der Waals surface area contributed by atoms with Crippen LogP contribution in [-0.2, 0) is 16.1 Å². The van der Waals surface area contributed by atoms with Crippen LogP contribution in [0, 0.1) is 0 Å². The number of rotatable bonds is 4. The van der Waals surface area contributed by atoms with Crippen LogP contribution < -0.4 is 20.1 Å². The molecule has 7 nitrogen and oxygen atoms in total. The van der Waals surface area contributed by atoms with Crippen LogP contribution in [0.2, 0.25) is 0 Å². The molecule has 2 aromatic carbocycles. The van der Waals surface area contributed by atoms with Crippen LogP contribution in [0.25, 0.3) is 11.1 Å². The third-order valence-corrected chi connectivity index (χ3v) is 4.51.